The first kappa shape index (κ1) is 17.3. The summed E-state index contributed by atoms with van der Waals surface area (Å²) in [6, 6.07) is 6.77. The zero-order valence-electron chi connectivity index (χ0n) is 15.1. The van der Waals surface area contributed by atoms with Crippen LogP contribution in [0.5, 0.6) is 0 Å². The number of piperidine rings is 1. The molecule has 1 unspecified atom stereocenters. The molecule has 1 aromatic carbocycles. The number of likely N-dealkylation sites (tertiary alicyclic amines) is 1. The van der Waals surface area contributed by atoms with E-state index in [1.54, 1.807) is 0 Å². The van der Waals surface area contributed by atoms with Gasteiger partial charge in [-0.3, -0.25) is 4.90 Å². The predicted octanol–water partition coefficient (Wildman–Crippen LogP) is 2.07. The molecule has 1 aromatic heterocycles. The van der Waals surface area contributed by atoms with Crippen molar-refractivity contribution in [1.29, 1.82) is 0 Å². The quantitative estimate of drug-likeness (QED) is 0.774. The smallest absolute Gasteiger partial charge is 0.139 e. The minimum absolute atomic E-state index is 0.649. The van der Waals surface area contributed by atoms with Crippen molar-refractivity contribution in [3.63, 3.8) is 0 Å². The zero-order valence-corrected chi connectivity index (χ0v) is 15.1. The van der Waals surface area contributed by atoms with Crippen LogP contribution in [0.1, 0.15) is 24.8 Å². The van der Waals surface area contributed by atoms with E-state index in [1.807, 2.05) is 12.1 Å². The summed E-state index contributed by atoms with van der Waals surface area (Å²) in [5, 5.41) is 8.01. The summed E-state index contributed by atoms with van der Waals surface area (Å²) >= 11 is 0. The molecule has 1 aliphatic heterocycles. The Morgan fingerprint density at radius 2 is 2.08 bits per heavy atom. The van der Waals surface area contributed by atoms with Crippen molar-refractivity contribution in [2.45, 2.75) is 31.8 Å². The van der Waals surface area contributed by atoms with Crippen LogP contribution in [0, 0.1) is 0 Å². The van der Waals surface area contributed by atoms with Crippen molar-refractivity contribution in [2.75, 3.05) is 47.3 Å². The van der Waals surface area contributed by atoms with Crippen LogP contribution in [-0.2, 0) is 6.54 Å². The van der Waals surface area contributed by atoms with Gasteiger partial charge >= 0.3 is 0 Å². The number of nitrogens with zero attached hydrogens (tertiary/aromatic N) is 5. The Morgan fingerprint density at radius 1 is 1.21 bits per heavy atom. The summed E-state index contributed by atoms with van der Waals surface area (Å²) in [6.07, 6.45) is 3.78. The average Bonchev–Trinajstić information content (AvgIpc) is 3.04. The highest BCUT2D eigenvalue weighted by Crippen LogP contribution is 2.21. The van der Waals surface area contributed by atoms with Crippen LogP contribution >= 0.6 is 0 Å². The van der Waals surface area contributed by atoms with E-state index in [1.165, 1.54) is 31.4 Å². The van der Waals surface area contributed by atoms with Crippen molar-refractivity contribution in [3.8, 4) is 0 Å². The van der Waals surface area contributed by atoms with Crippen LogP contribution in [0.25, 0.3) is 11.0 Å². The van der Waals surface area contributed by atoms with E-state index < -0.39 is 0 Å². The minimum atomic E-state index is 0.649. The Kier molecular flexibility index (Phi) is 5.81. The molecule has 0 saturated carbocycles. The number of rotatable bonds is 7. The molecule has 3 rings (SSSR count). The molecule has 6 nitrogen and oxygen atoms in total. The number of hydrogen-bond donors (Lipinski definition) is 0. The second-order valence-electron chi connectivity index (χ2n) is 7.22. The molecule has 1 atom stereocenters. The van der Waals surface area contributed by atoms with Crippen LogP contribution in [0.15, 0.2) is 22.8 Å². The molecule has 132 valence electrons. The molecule has 0 bridgehead atoms. The lowest BCUT2D eigenvalue weighted by molar-refractivity contribution is 0.109. The average molecular weight is 331 g/mol. The van der Waals surface area contributed by atoms with Gasteiger partial charge in [0.15, 0.2) is 0 Å². The lowest BCUT2D eigenvalue weighted by Crippen LogP contribution is -2.46. The third-order valence-electron chi connectivity index (χ3n) is 4.98. The van der Waals surface area contributed by atoms with Crippen molar-refractivity contribution < 1.29 is 4.63 Å². The summed E-state index contributed by atoms with van der Waals surface area (Å²) in [7, 11) is 6.55. The summed E-state index contributed by atoms with van der Waals surface area (Å²) in [5.41, 5.74) is 2.96. The Balaban J connectivity index is 1.56. The Morgan fingerprint density at radius 3 is 2.92 bits per heavy atom. The second kappa shape index (κ2) is 8.05. The number of hydrogen-bond acceptors (Lipinski definition) is 6. The number of benzene rings is 1. The van der Waals surface area contributed by atoms with Crippen molar-refractivity contribution in [3.05, 3.63) is 23.8 Å². The lowest BCUT2D eigenvalue weighted by Gasteiger charge is -2.37. The van der Waals surface area contributed by atoms with Crippen LogP contribution in [0.4, 0.5) is 0 Å². The van der Waals surface area contributed by atoms with Gasteiger partial charge in [0, 0.05) is 19.1 Å². The maximum Gasteiger partial charge on any atom is 0.139 e. The Bertz CT molecular complexity index is 641. The van der Waals surface area contributed by atoms with Gasteiger partial charge in [-0.1, -0.05) is 12.1 Å². The van der Waals surface area contributed by atoms with E-state index >= 15 is 0 Å². The molecular formula is C18H29N5O. The van der Waals surface area contributed by atoms with Crippen LogP contribution < -0.4 is 0 Å². The van der Waals surface area contributed by atoms with Gasteiger partial charge in [0.1, 0.15) is 11.0 Å². The molecule has 1 fully saturated rings. The Labute approximate surface area is 144 Å². The SMILES string of the molecule is CN(C)CCCN(C)C1CCCN(Cc2cccc3nonc23)C1. The third-order valence-corrected chi connectivity index (χ3v) is 4.98. The van der Waals surface area contributed by atoms with E-state index in [4.69, 9.17) is 4.63 Å². The molecule has 0 spiro atoms. The number of fused-ring (bicyclic) bond motifs is 1. The first-order valence-electron chi connectivity index (χ1n) is 8.91. The molecule has 1 aliphatic rings. The van der Waals surface area contributed by atoms with Crippen molar-refractivity contribution in [1.82, 2.24) is 25.0 Å². The lowest BCUT2D eigenvalue weighted by atomic mass is 10.0. The number of likely N-dealkylation sites (N-methyl/N-ethyl adjacent to an activating group) is 1. The van der Waals surface area contributed by atoms with Crippen molar-refractivity contribution >= 4 is 11.0 Å². The van der Waals surface area contributed by atoms with Gasteiger partial charge in [-0.25, -0.2) is 4.63 Å². The molecule has 0 amide bonds. The first-order chi connectivity index (χ1) is 11.6. The fraction of sp³-hybridized carbons (Fsp3) is 0.667. The standard InChI is InChI=1S/C18H29N5O/c1-21(2)10-6-11-22(3)16-8-5-12-23(14-16)13-15-7-4-9-17-18(15)20-24-19-17/h4,7,9,16H,5-6,8,10-14H2,1-3H3. The highest BCUT2D eigenvalue weighted by atomic mass is 16.6. The van der Waals surface area contributed by atoms with E-state index in [-0.39, 0.29) is 0 Å². The molecule has 2 aromatic rings. The van der Waals surface area contributed by atoms with Gasteiger partial charge in [0.05, 0.1) is 0 Å². The summed E-state index contributed by atoms with van der Waals surface area (Å²) < 4.78 is 4.89. The highest BCUT2D eigenvalue weighted by molar-refractivity contribution is 5.76. The normalized spacial score (nSPS) is 19.6. The fourth-order valence-corrected chi connectivity index (χ4v) is 3.58. The van der Waals surface area contributed by atoms with E-state index in [2.05, 4.69) is 52.2 Å². The van der Waals surface area contributed by atoms with Gasteiger partial charge in [0.25, 0.3) is 0 Å². The van der Waals surface area contributed by atoms with Gasteiger partial charge in [-0.15, -0.1) is 0 Å². The molecule has 0 aliphatic carbocycles. The van der Waals surface area contributed by atoms with E-state index in [0.29, 0.717) is 6.04 Å². The molecular weight excluding hydrogens is 302 g/mol. The molecule has 6 heteroatoms. The maximum atomic E-state index is 4.89. The Hall–Kier alpha value is -1.50. The van der Waals surface area contributed by atoms with Gasteiger partial charge < -0.3 is 9.80 Å². The van der Waals surface area contributed by atoms with Gasteiger partial charge in [-0.2, -0.15) is 0 Å². The molecule has 1 saturated heterocycles. The molecule has 24 heavy (non-hydrogen) atoms. The topological polar surface area (TPSA) is 48.6 Å². The molecule has 0 radical (unpaired) electrons. The minimum Gasteiger partial charge on any atom is -0.309 e. The highest BCUT2D eigenvalue weighted by Gasteiger charge is 2.23. The summed E-state index contributed by atoms with van der Waals surface area (Å²) in [6.45, 7) is 5.53. The zero-order chi connectivity index (χ0) is 16.9. The predicted molar refractivity (Wildman–Crippen MR) is 95.9 cm³/mol. The van der Waals surface area contributed by atoms with Gasteiger partial charge in [-0.05, 0) is 82.0 Å². The molecule has 0 N–H and O–H groups in total. The van der Waals surface area contributed by atoms with E-state index in [9.17, 15) is 0 Å². The van der Waals surface area contributed by atoms with Crippen LogP contribution in [0.2, 0.25) is 0 Å². The first-order valence-corrected chi connectivity index (χ1v) is 8.91. The summed E-state index contributed by atoms with van der Waals surface area (Å²) in [5.74, 6) is 0. The van der Waals surface area contributed by atoms with Gasteiger partial charge in [0.2, 0.25) is 0 Å². The summed E-state index contributed by atoms with van der Waals surface area (Å²) in [4.78, 5) is 7.33. The van der Waals surface area contributed by atoms with Crippen molar-refractivity contribution in [2.24, 2.45) is 0 Å². The third kappa shape index (κ3) is 4.32. The molecule has 2 heterocycles. The second-order valence-corrected chi connectivity index (χ2v) is 7.22. The monoisotopic (exact) mass is 331 g/mol. The number of aromatic nitrogens is 2. The largest absolute Gasteiger partial charge is 0.309 e. The van der Waals surface area contributed by atoms with E-state index in [0.717, 1.165) is 37.2 Å². The maximum absolute atomic E-state index is 4.89. The fourth-order valence-electron chi connectivity index (χ4n) is 3.58. The van der Waals surface area contributed by atoms with Crippen LogP contribution in [0.3, 0.4) is 0 Å². The van der Waals surface area contributed by atoms with Crippen LogP contribution in [-0.4, -0.2) is 78.4 Å².